The molecule has 1 aliphatic rings. The van der Waals surface area contributed by atoms with Gasteiger partial charge in [-0.2, -0.15) is 0 Å². The number of hydrogen-bond acceptors (Lipinski definition) is 4. The largest absolute Gasteiger partial charge is 0.326 e. The van der Waals surface area contributed by atoms with E-state index < -0.39 is 0 Å². The van der Waals surface area contributed by atoms with E-state index in [-0.39, 0.29) is 11.8 Å². The monoisotopic (exact) mass is 271 g/mol. The van der Waals surface area contributed by atoms with Gasteiger partial charge >= 0.3 is 0 Å². The lowest BCUT2D eigenvalue weighted by atomic mass is 10.1. The molecular formula is C14H17N5O. The molecule has 0 radical (unpaired) electrons. The van der Waals surface area contributed by atoms with Crippen molar-refractivity contribution in [2.45, 2.75) is 6.42 Å². The highest BCUT2D eigenvalue weighted by Gasteiger charge is 2.22. The maximum atomic E-state index is 12.1. The van der Waals surface area contributed by atoms with Crippen LogP contribution in [0.4, 0.5) is 5.69 Å². The second kappa shape index (κ2) is 5.42. The molecule has 1 fully saturated rings. The summed E-state index contributed by atoms with van der Waals surface area (Å²) < 4.78 is 1.85. The fourth-order valence-electron chi connectivity index (χ4n) is 2.40. The Morgan fingerprint density at radius 3 is 3.10 bits per heavy atom. The summed E-state index contributed by atoms with van der Waals surface area (Å²) in [7, 11) is 1.89. The Morgan fingerprint density at radius 1 is 1.50 bits per heavy atom. The Bertz CT molecular complexity index is 616. The third-order valence-corrected chi connectivity index (χ3v) is 3.53. The molecule has 20 heavy (non-hydrogen) atoms. The van der Waals surface area contributed by atoms with Crippen LogP contribution in [0.15, 0.2) is 30.6 Å². The first-order valence-electron chi connectivity index (χ1n) is 6.70. The van der Waals surface area contributed by atoms with Crippen LogP contribution in [0.3, 0.4) is 0 Å². The summed E-state index contributed by atoms with van der Waals surface area (Å²) >= 11 is 0. The van der Waals surface area contributed by atoms with Gasteiger partial charge in [-0.25, -0.2) is 0 Å². The molecule has 1 atom stereocenters. The Labute approximate surface area is 117 Å². The van der Waals surface area contributed by atoms with E-state index in [1.807, 2.05) is 35.9 Å². The molecule has 0 spiro atoms. The number of rotatable bonds is 3. The van der Waals surface area contributed by atoms with Crippen LogP contribution in [0, 0.1) is 5.92 Å². The lowest BCUT2D eigenvalue weighted by molar-refractivity contribution is -0.119. The first kappa shape index (κ1) is 12.8. The molecule has 1 amide bonds. The molecule has 104 valence electrons. The van der Waals surface area contributed by atoms with Crippen LogP contribution in [-0.4, -0.2) is 33.8 Å². The first-order chi connectivity index (χ1) is 9.74. The van der Waals surface area contributed by atoms with Crippen molar-refractivity contribution in [3.63, 3.8) is 0 Å². The van der Waals surface area contributed by atoms with E-state index in [1.165, 1.54) is 0 Å². The highest BCUT2D eigenvalue weighted by atomic mass is 16.1. The lowest BCUT2D eigenvalue weighted by Gasteiger charge is -2.10. The molecule has 1 unspecified atom stereocenters. The SMILES string of the molecule is Cn1cnnc1-c1cccc(NC(=O)C2CCNC2)c1. The predicted molar refractivity (Wildman–Crippen MR) is 76.0 cm³/mol. The van der Waals surface area contributed by atoms with E-state index in [2.05, 4.69) is 20.8 Å². The average molecular weight is 271 g/mol. The zero-order valence-electron chi connectivity index (χ0n) is 11.3. The first-order valence-corrected chi connectivity index (χ1v) is 6.70. The van der Waals surface area contributed by atoms with Crippen LogP contribution in [-0.2, 0) is 11.8 Å². The van der Waals surface area contributed by atoms with E-state index in [4.69, 9.17) is 0 Å². The minimum atomic E-state index is 0.0634. The Balaban J connectivity index is 1.78. The second-order valence-electron chi connectivity index (χ2n) is 5.03. The molecule has 0 bridgehead atoms. The van der Waals surface area contributed by atoms with Crippen LogP contribution in [0.25, 0.3) is 11.4 Å². The summed E-state index contributed by atoms with van der Waals surface area (Å²) in [6, 6.07) is 7.67. The van der Waals surface area contributed by atoms with Gasteiger partial charge in [0.05, 0.1) is 5.92 Å². The zero-order valence-corrected chi connectivity index (χ0v) is 11.3. The average Bonchev–Trinajstić information content (AvgIpc) is 3.10. The number of amides is 1. The number of anilines is 1. The summed E-state index contributed by atoms with van der Waals surface area (Å²) in [6.07, 6.45) is 2.56. The van der Waals surface area contributed by atoms with Gasteiger partial charge in [-0.05, 0) is 25.1 Å². The molecular weight excluding hydrogens is 254 g/mol. The van der Waals surface area contributed by atoms with Crippen LogP contribution in [0.2, 0.25) is 0 Å². The predicted octanol–water partition coefficient (Wildman–Crippen LogP) is 1.03. The summed E-state index contributed by atoms with van der Waals surface area (Å²) in [5.74, 6) is 0.919. The number of nitrogens with zero attached hydrogens (tertiary/aromatic N) is 3. The van der Waals surface area contributed by atoms with Crippen molar-refractivity contribution >= 4 is 11.6 Å². The van der Waals surface area contributed by atoms with Crippen LogP contribution in [0.5, 0.6) is 0 Å². The Kier molecular flexibility index (Phi) is 3.47. The molecule has 0 aliphatic carbocycles. The van der Waals surface area contributed by atoms with Gasteiger partial charge in [0.15, 0.2) is 5.82 Å². The molecule has 1 aromatic carbocycles. The fraction of sp³-hybridized carbons (Fsp3) is 0.357. The molecule has 1 saturated heterocycles. The van der Waals surface area contributed by atoms with E-state index in [0.29, 0.717) is 0 Å². The van der Waals surface area contributed by atoms with Crippen molar-refractivity contribution < 1.29 is 4.79 Å². The van der Waals surface area contributed by atoms with Crippen molar-refractivity contribution in [3.8, 4) is 11.4 Å². The van der Waals surface area contributed by atoms with Gasteiger partial charge in [0.2, 0.25) is 5.91 Å². The van der Waals surface area contributed by atoms with Gasteiger partial charge in [-0.15, -0.1) is 10.2 Å². The van der Waals surface area contributed by atoms with Crippen LogP contribution < -0.4 is 10.6 Å². The standard InChI is InChI=1S/C14H17N5O/c1-19-9-16-18-13(19)10-3-2-4-12(7-10)17-14(20)11-5-6-15-8-11/h2-4,7,9,11,15H,5-6,8H2,1H3,(H,17,20). The number of aryl methyl sites for hydroxylation is 1. The quantitative estimate of drug-likeness (QED) is 0.874. The second-order valence-corrected chi connectivity index (χ2v) is 5.03. The topological polar surface area (TPSA) is 71.8 Å². The molecule has 1 aromatic heterocycles. The summed E-state index contributed by atoms with van der Waals surface area (Å²) in [5.41, 5.74) is 1.73. The van der Waals surface area contributed by atoms with Crippen molar-refractivity contribution in [2.75, 3.05) is 18.4 Å². The van der Waals surface area contributed by atoms with Gasteiger partial charge in [-0.3, -0.25) is 4.79 Å². The van der Waals surface area contributed by atoms with Gasteiger partial charge in [0, 0.05) is 24.8 Å². The molecule has 3 rings (SSSR count). The van der Waals surface area contributed by atoms with E-state index in [0.717, 1.165) is 36.6 Å². The van der Waals surface area contributed by atoms with Crippen molar-refractivity contribution in [3.05, 3.63) is 30.6 Å². The number of carbonyl (C=O) groups excluding carboxylic acids is 1. The van der Waals surface area contributed by atoms with Gasteiger partial charge in [0.25, 0.3) is 0 Å². The van der Waals surface area contributed by atoms with Gasteiger partial charge in [0.1, 0.15) is 6.33 Å². The molecule has 0 saturated carbocycles. The van der Waals surface area contributed by atoms with Crippen LogP contribution >= 0.6 is 0 Å². The molecule has 2 aromatic rings. The fourth-order valence-corrected chi connectivity index (χ4v) is 2.40. The summed E-state index contributed by atoms with van der Waals surface area (Å²) in [5, 5.41) is 14.1. The van der Waals surface area contributed by atoms with Gasteiger partial charge < -0.3 is 15.2 Å². The van der Waals surface area contributed by atoms with Gasteiger partial charge in [-0.1, -0.05) is 12.1 Å². The highest BCUT2D eigenvalue weighted by Crippen LogP contribution is 2.21. The normalized spacial score (nSPS) is 18.1. The van der Waals surface area contributed by atoms with E-state index in [9.17, 15) is 4.79 Å². The van der Waals surface area contributed by atoms with E-state index >= 15 is 0 Å². The molecule has 2 heterocycles. The number of hydrogen-bond donors (Lipinski definition) is 2. The van der Waals surface area contributed by atoms with Crippen molar-refractivity contribution in [2.24, 2.45) is 13.0 Å². The number of nitrogens with one attached hydrogen (secondary N) is 2. The van der Waals surface area contributed by atoms with E-state index in [1.54, 1.807) is 6.33 Å². The minimum Gasteiger partial charge on any atom is -0.326 e. The minimum absolute atomic E-state index is 0.0634. The molecule has 2 N–H and O–H groups in total. The maximum absolute atomic E-state index is 12.1. The summed E-state index contributed by atoms with van der Waals surface area (Å²) in [6.45, 7) is 1.67. The Morgan fingerprint density at radius 2 is 2.40 bits per heavy atom. The van der Waals surface area contributed by atoms with Crippen LogP contribution in [0.1, 0.15) is 6.42 Å². The molecule has 6 nitrogen and oxygen atoms in total. The maximum Gasteiger partial charge on any atom is 0.228 e. The molecule has 6 heteroatoms. The Hall–Kier alpha value is -2.21. The highest BCUT2D eigenvalue weighted by molar-refractivity contribution is 5.93. The van der Waals surface area contributed by atoms with Crippen molar-refractivity contribution in [1.82, 2.24) is 20.1 Å². The zero-order chi connectivity index (χ0) is 13.9. The molecule has 1 aliphatic heterocycles. The number of benzene rings is 1. The summed E-state index contributed by atoms with van der Waals surface area (Å²) in [4.78, 5) is 12.1. The number of carbonyl (C=O) groups is 1. The third kappa shape index (κ3) is 2.55. The lowest BCUT2D eigenvalue weighted by Crippen LogP contribution is -2.24. The third-order valence-electron chi connectivity index (χ3n) is 3.53. The smallest absolute Gasteiger partial charge is 0.228 e. The number of aromatic nitrogens is 3. The van der Waals surface area contributed by atoms with Crippen molar-refractivity contribution in [1.29, 1.82) is 0 Å².